The summed E-state index contributed by atoms with van der Waals surface area (Å²) in [5.74, 6) is 0.167. The van der Waals surface area contributed by atoms with E-state index in [4.69, 9.17) is 10.1 Å². The number of ketones is 1. The van der Waals surface area contributed by atoms with E-state index >= 15 is 0 Å². The Kier molecular flexibility index (Phi) is 34.8. The number of hydrogen-bond acceptors (Lipinski definition) is 3. The summed E-state index contributed by atoms with van der Waals surface area (Å²) in [6, 6.07) is 1.75. The van der Waals surface area contributed by atoms with Crippen molar-refractivity contribution < 1.29 is 9.59 Å². The van der Waals surface area contributed by atoms with Crippen LogP contribution < -0.4 is 0 Å². The molecule has 0 bridgehead atoms. The molecule has 0 radical (unpaired) electrons. The first kappa shape index (κ1) is 16.3. The average Bonchev–Trinajstić information content (AvgIpc) is 1.88. The maximum atomic E-state index is 9.44. The minimum atomic E-state index is 0.167. The summed E-state index contributed by atoms with van der Waals surface area (Å²) >= 11 is 0. The van der Waals surface area contributed by atoms with Crippen LogP contribution in [0.2, 0.25) is 0 Å². The molecule has 0 fully saturated rings. The van der Waals surface area contributed by atoms with Crippen molar-refractivity contribution in [3.63, 3.8) is 0 Å². The Morgan fingerprint density at radius 2 is 1.64 bits per heavy atom. The van der Waals surface area contributed by atoms with Crippen LogP contribution in [0, 0.1) is 11.3 Å². The Balaban J connectivity index is -0.0000000886. The van der Waals surface area contributed by atoms with Crippen molar-refractivity contribution in [2.75, 3.05) is 0 Å². The van der Waals surface area contributed by atoms with Crippen LogP contribution in [-0.4, -0.2) is 12.1 Å². The lowest BCUT2D eigenvalue weighted by Crippen LogP contribution is -1.69. The summed E-state index contributed by atoms with van der Waals surface area (Å²) in [6.07, 6.45) is 1.83. The van der Waals surface area contributed by atoms with Crippen molar-refractivity contribution >= 4 is 12.1 Å². The van der Waals surface area contributed by atoms with Gasteiger partial charge < -0.3 is 4.79 Å². The van der Waals surface area contributed by atoms with Crippen molar-refractivity contribution in [3.8, 4) is 6.07 Å². The normalized spacial score (nSPS) is 4.91. The zero-order valence-corrected chi connectivity index (χ0v) is 7.13. The molecule has 0 amide bonds. The van der Waals surface area contributed by atoms with Gasteiger partial charge in [-0.05, 0) is 19.9 Å². The van der Waals surface area contributed by atoms with Crippen molar-refractivity contribution in [2.24, 2.45) is 0 Å². The topological polar surface area (TPSA) is 57.9 Å². The van der Waals surface area contributed by atoms with E-state index < -0.39 is 0 Å². The Labute approximate surface area is 67.3 Å². The maximum absolute atomic E-state index is 9.44. The van der Waals surface area contributed by atoms with Crippen LogP contribution >= 0.6 is 0 Å². The zero-order valence-electron chi connectivity index (χ0n) is 7.13. The summed E-state index contributed by atoms with van der Waals surface area (Å²) in [5.41, 5.74) is 0. The van der Waals surface area contributed by atoms with Gasteiger partial charge in [-0.15, -0.1) is 0 Å². The summed E-state index contributed by atoms with van der Waals surface area (Å²) in [4.78, 5) is 18.5. The van der Waals surface area contributed by atoms with Gasteiger partial charge in [0.15, 0.2) is 0 Å². The number of carbonyl (C=O) groups excluding carboxylic acids is 2. The third kappa shape index (κ3) is 2000. The molecule has 0 saturated carbocycles. The lowest BCUT2D eigenvalue weighted by Gasteiger charge is -1.56. The highest BCUT2D eigenvalue weighted by atomic mass is 16.1. The highest BCUT2D eigenvalue weighted by Gasteiger charge is 1.62. The predicted octanol–water partition coefficient (Wildman–Crippen LogP) is 1.50. The number of Topliss-reactive ketones (excluding diaryl/α,β-unsaturated/α-hetero) is 1. The third-order valence-corrected chi connectivity index (χ3v) is 0.0962. The van der Waals surface area contributed by atoms with Gasteiger partial charge in [-0.1, -0.05) is 6.58 Å². The lowest BCUT2D eigenvalue weighted by atomic mass is 10.6. The fourth-order valence-corrected chi connectivity index (χ4v) is 0. The number of aldehydes is 1. The summed E-state index contributed by atoms with van der Waals surface area (Å²) in [7, 11) is 0. The molecule has 0 saturated heterocycles. The molecule has 0 rings (SSSR count). The number of allylic oxidation sites excluding steroid dienone is 1. The number of carbonyl (C=O) groups is 2. The fraction of sp³-hybridized carbons (Fsp3) is 0.375. The van der Waals surface area contributed by atoms with Crippen molar-refractivity contribution in [1.29, 1.82) is 5.26 Å². The molecule has 0 atom stereocenters. The Morgan fingerprint density at radius 3 is 1.64 bits per heavy atom. The van der Waals surface area contributed by atoms with E-state index in [1.165, 1.54) is 26.8 Å². The fourth-order valence-electron chi connectivity index (χ4n) is 0. The van der Waals surface area contributed by atoms with Gasteiger partial charge in [0.2, 0.25) is 0 Å². The first-order valence-electron chi connectivity index (χ1n) is 2.91. The number of nitrogens with zero attached hydrogens (tertiary/aromatic N) is 1. The standard InChI is InChI=1S/C3H6O.C3H4O.C2H3N/c1-3(2)4;1-2-3-4;1-2-3/h1-2H3;2-3H,1H2;1H3. The largest absolute Gasteiger partial charge is 0.300 e. The number of hydrogen-bond donors (Lipinski definition) is 0. The molecule has 0 aliphatic carbocycles. The Bertz CT molecular complexity index is 135. The first-order valence-corrected chi connectivity index (χ1v) is 2.91. The van der Waals surface area contributed by atoms with E-state index in [-0.39, 0.29) is 5.78 Å². The van der Waals surface area contributed by atoms with E-state index in [2.05, 4.69) is 6.58 Å². The van der Waals surface area contributed by atoms with Crippen LogP contribution in [-0.2, 0) is 9.59 Å². The second-order valence-electron chi connectivity index (χ2n) is 1.50. The van der Waals surface area contributed by atoms with Crippen LogP contribution in [0.3, 0.4) is 0 Å². The van der Waals surface area contributed by atoms with Crippen LogP contribution in [0.1, 0.15) is 20.8 Å². The molecule has 0 aliphatic rings. The van der Waals surface area contributed by atoms with Crippen LogP contribution in [0.5, 0.6) is 0 Å². The molecule has 0 aromatic heterocycles. The molecule has 0 N–H and O–H groups in total. The number of rotatable bonds is 1. The molecule has 11 heavy (non-hydrogen) atoms. The van der Waals surface area contributed by atoms with Gasteiger partial charge in [-0.25, -0.2) is 0 Å². The maximum Gasteiger partial charge on any atom is 0.142 e. The third-order valence-electron chi connectivity index (χ3n) is 0.0962. The molecule has 62 valence electrons. The van der Waals surface area contributed by atoms with Gasteiger partial charge in [-0.3, -0.25) is 4.79 Å². The van der Waals surface area contributed by atoms with E-state index in [0.29, 0.717) is 6.29 Å². The van der Waals surface area contributed by atoms with Crippen molar-refractivity contribution in [2.45, 2.75) is 20.8 Å². The van der Waals surface area contributed by atoms with Gasteiger partial charge in [0.1, 0.15) is 12.1 Å². The zero-order chi connectivity index (χ0) is 9.70. The molecule has 0 aromatic carbocycles. The highest BCUT2D eigenvalue weighted by molar-refractivity contribution is 5.72. The monoisotopic (exact) mass is 155 g/mol. The molecule has 0 heterocycles. The molecule has 0 aromatic rings. The molecule has 3 nitrogen and oxygen atoms in total. The minimum absolute atomic E-state index is 0.167. The highest BCUT2D eigenvalue weighted by Crippen LogP contribution is 1.50. The summed E-state index contributed by atoms with van der Waals surface area (Å²) in [6.45, 7) is 7.60. The van der Waals surface area contributed by atoms with Crippen LogP contribution in [0.25, 0.3) is 0 Å². The Hall–Kier alpha value is -1.43. The van der Waals surface area contributed by atoms with E-state index in [0.717, 1.165) is 0 Å². The SMILES string of the molecule is C=CC=O.CC#N.CC(C)=O. The smallest absolute Gasteiger partial charge is 0.142 e. The van der Waals surface area contributed by atoms with Gasteiger partial charge in [0.25, 0.3) is 0 Å². The molecule has 0 aliphatic heterocycles. The molecule has 3 heteroatoms. The number of nitriles is 1. The molecular formula is C8H13NO2. The van der Waals surface area contributed by atoms with Crippen molar-refractivity contribution in [1.82, 2.24) is 0 Å². The lowest BCUT2D eigenvalue weighted by molar-refractivity contribution is -0.115. The predicted molar refractivity (Wildman–Crippen MR) is 43.9 cm³/mol. The van der Waals surface area contributed by atoms with Gasteiger partial charge in [-0.2, -0.15) is 5.26 Å². The van der Waals surface area contributed by atoms with Gasteiger partial charge in [0.05, 0.1) is 6.07 Å². The molecule has 0 unspecified atom stereocenters. The molecule has 0 spiro atoms. The van der Waals surface area contributed by atoms with E-state index in [1.54, 1.807) is 6.07 Å². The Morgan fingerprint density at radius 1 is 1.55 bits per heavy atom. The summed E-state index contributed by atoms with van der Waals surface area (Å²) < 4.78 is 0. The quantitative estimate of drug-likeness (QED) is 0.426. The average molecular weight is 155 g/mol. The first-order chi connectivity index (χ1) is 5.06. The second kappa shape index (κ2) is 23.5. The van der Waals surface area contributed by atoms with Gasteiger partial charge >= 0.3 is 0 Å². The van der Waals surface area contributed by atoms with Crippen molar-refractivity contribution in [3.05, 3.63) is 12.7 Å². The van der Waals surface area contributed by atoms with E-state index in [9.17, 15) is 4.79 Å². The van der Waals surface area contributed by atoms with Gasteiger partial charge in [0, 0.05) is 6.92 Å². The molecular weight excluding hydrogens is 142 g/mol. The van der Waals surface area contributed by atoms with E-state index in [1.807, 2.05) is 0 Å². The summed E-state index contributed by atoms with van der Waals surface area (Å²) in [5, 5.41) is 7.32. The second-order valence-corrected chi connectivity index (χ2v) is 1.50. The minimum Gasteiger partial charge on any atom is -0.300 e. The van der Waals surface area contributed by atoms with Crippen LogP contribution in [0.15, 0.2) is 12.7 Å². The van der Waals surface area contributed by atoms with Crippen LogP contribution in [0.4, 0.5) is 0 Å².